The molecule has 0 spiro atoms. The molecule has 122 valence electrons. The minimum absolute atomic E-state index is 0.0623. The van der Waals surface area contributed by atoms with Crippen molar-refractivity contribution in [2.24, 2.45) is 12.1 Å². The molecule has 1 aromatic heterocycles. The van der Waals surface area contributed by atoms with E-state index < -0.39 is 0 Å². The van der Waals surface area contributed by atoms with Crippen LogP contribution in [0.5, 0.6) is 5.75 Å². The monoisotopic (exact) mass is 313 g/mol. The maximum absolute atomic E-state index is 11.7. The summed E-state index contributed by atoms with van der Waals surface area (Å²) >= 11 is 0. The molecule has 2 rings (SSSR count). The fourth-order valence-electron chi connectivity index (χ4n) is 2.09. The molecule has 1 atom stereocenters. The Morgan fingerprint density at radius 1 is 1.35 bits per heavy atom. The van der Waals surface area contributed by atoms with Crippen LogP contribution in [0.4, 0.5) is 0 Å². The van der Waals surface area contributed by atoms with Crippen molar-refractivity contribution in [1.29, 1.82) is 0 Å². The first-order valence-corrected chi connectivity index (χ1v) is 7.76. The lowest BCUT2D eigenvalue weighted by Gasteiger charge is -2.10. The summed E-state index contributed by atoms with van der Waals surface area (Å²) in [6.07, 6.45) is 4.61. The number of aromatic nitrogens is 1. The van der Waals surface area contributed by atoms with Gasteiger partial charge in [-0.3, -0.25) is 4.79 Å². The van der Waals surface area contributed by atoms with Gasteiger partial charge in [0.1, 0.15) is 5.75 Å². The Morgan fingerprint density at radius 2 is 2.09 bits per heavy atom. The van der Waals surface area contributed by atoms with Crippen LogP contribution in [0.1, 0.15) is 37.4 Å². The second-order valence-electron chi connectivity index (χ2n) is 5.50. The maximum atomic E-state index is 11.7. The Bertz CT molecular complexity index is 659. The van der Waals surface area contributed by atoms with E-state index in [-0.39, 0.29) is 12.5 Å². The highest BCUT2D eigenvalue weighted by Crippen LogP contribution is 2.21. The summed E-state index contributed by atoms with van der Waals surface area (Å²) in [6.45, 7) is 4.29. The van der Waals surface area contributed by atoms with Gasteiger partial charge in [-0.05, 0) is 42.2 Å². The van der Waals surface area contributed by atoms with Crippen molar-refractivity contribution in [2.75, 3.05) is 6.61 Å². The van der Waals surface area contributed by atoms with Crippen LogP contribution in [0.3, 0.4) is 0 Å². The van der Waals surface area contributed by atoms with Crippen LogP contribution in [0, 0.1) is 0 Å². The molecule has 0 saturated heterocycles. The van der Waals surface area contributed by atoms with Crippen LogP contribution < -0.4 is 10.2 Å². The van der Waals surface area contributed by atoms with Crippen molar-refractivity contribution in [2.45, 2.75) is 26.2 Å². The van der Waals surface area contributed by atoms with Gasteiger partial charge in [-0.15, -0.1) is 0 Å². The van der Waals surface area contributed by atoms with Gasteiger partial charge in [0, 0.05) is 13.2 Å². The maximum Gasteiger partial charge on any atom is 0.277 e. The largest absolute Gasteiger partial charge is 0.484 e. The van der Waals surface area contributed by atoms with Gasteiger partial charge < -0.3 is 9.30 Å². The lowest BCUT2D eigenvalue weighted by atomic mass is 9.99. The summed E-state index contributed by atoms with van der Waals surface area (Å²) in [4.78, 5) is 11.7. The number of carbonyl (C=O) groups is 1. The van der Waals surface area contributed by atoms with E-state index in [9.17, 15) is 4.79 Å². The molecule has 5 nitrogen and oxygen atoms in total. The fourth-order valence-corrected chi connectivity index (χ4v) is 2.09. The zero-order valence-corrected chi connectivity index (χ0v) is 13.8. The second-order valence-corrected chi connectivity index (χ2v) is 5.50. The van der Waals surface area contributed by atoms with Gasteiger partial charge in [-0.2, -0.15) is 5.10 Å². The summed E-state index contributed by atoms with van der Waals surface area (Å²) in [5, 5.41) is 3.91. The summed E-state index contributed by atoms with van der Waals surface area (Å²) < 4.78 is 7.36. The molecule has 2 aromatic rings. The van der Waals surface area contributed by atoms with E-state index in [0.717, 1.165) is 12.1 Å². The van der Waals surface area contributed by atoms with Crippen LogP contribution in [0.2, 0.25) is 0 Å². The van der Waals surface area contributed by atoms with E-state index in [1.54, 1.807) is 6.21 Å². The summed E-state index contributed by atoms with van der Waals surface area (Å²) in [6, 6.07) is 11.7. The predicted octanol–water partition coefficient (Wildman–Crippen LogP) is 3.07. The standard InChI is InChI=1S/C18H23N3O2/c1-4-14(2)15-7-9-17(10-8-15)23-13-18(22)20-19-12-16-6-5-11-21(16)3/h5-12,14H,4,13H2,1-3H3,(H,20,22)/b19-12+/t14-/m1/s1. The highest BCUT2D eigenvalue weighted by molar-refractivity contribution is 5.81. The molecule has 0 aliphatic rings. The van der Waals surface area contributed by atoms with Crippen LogP contribution in [-0.2, 0) is 11.8 Å². The Labute approximate surface area is 137 Å². The molecule has 0 aliphatic carbocycles. The van der Waals surface area contributed by atoms with E-state index in [4.69, 9.17) is 4.74 Å². The molecule has 23 heavy (non-hydrogen) atoms. The number of rotatable bonds is 7. The van der Waals surface area contributed by atoms with Gasteiger partial charge in [0.2, 0.25) is 0 Å². The lowest BCUT2D eigenvalue weighted by molar-refractivity contribution is -0.123. The first-order chi connectivity index (χ1) is 11.1. The van der Waals surface area contributed by atoms with Gasteiger partial charge in [0.25, 0.3) is 5.91 Å². The zero-order valence-electron chi connectivity index (χ0n) is 13.8. The molecule has 0 saturated carbocycles. The second kappa shape index (κ2) is 8.17. The first kappa shape index (κ1) is 16.8. The number of hydrogen-bond acceptors (Lipinski definition) is 3. The Kier molecular flexibility index (Phi) is 5.97. The molecular weight excluding hydrogens is 290 g/mol. The number of amides is 1. The van der Waals surface area contributed by atoms with Crippen molar-refractivity contribution in [3.63, 3.8) is 0 Å². The van der Waals surface area contributed by atoms with E-state index in [1.807, 2.05) is 54.2 Å². The average Bonchev–Trinajstić information content (AvgIpc) is 2.98. The first-order valence-electron chi connectivity index (χ1n) is 7.76. The van der Waals surface area contributed by atoms with E-state index in [2.05, 4.69) is 24.4 Å². The fraction of sp³-hybridized carbons (Fsp3) is 0.333. The topological polar surface area (TPSA) is 55.6 Å². The number of aryl methyl sites for hydroxylation is 1. The van der Waals surface area contributed by atoms with Crippen molar-refractivity contribution in [3.8, 4) is 5.75 Å². The molecule has 0 radical (unpaired) electrons. The molecule has 0 bridgehead atoms. The molecule has 0 fully saturated rings. The predicted molar refractivity (Wildman–Crippen MR) is 91.8 cm³/mol. The number of nitrogens with one attached hydrogen (secondary N) is 1. The van der Waals surface area contributed by atoms with Gasteiger partial charge in [-0.1, -0.05) is 26.0 Å². The smallest absolute Gasteiger partial charge is 0.277 e. The Morgan fingerprint density at radius 3 is 2.70 bits per heavy atom. The number of benzene rings is 1. The van der Waals surface area contributed by atoms with Crippen molar-refractivity contribution in [1.82, 2.24) is 9.99 Å². The normalized spacial score (nSPS) is 12.3. The lowest BCUT2D eigenvalue weighted by Crippen LogP contribution is -2.24. The quantitative estimate of drug-likeness (QED) is 0.631. The number of ether oxygens (including phenoxy) is 1. The third-order valence-corrected chi connectivity index (χ3v) is 3.80. The van der Waals surface area contributed by atoms with Crippen molar-refractivity contribution in [3.05, 3.63) is 53.9 Å². The minimum atomic E-state index is -0.290. The van der Waals surface area contributed by atoms with Crippen LogP contribution >= 0.6 is 0 Å². The summed E-state index contributed by atoms with van der Waals surface area (Å²) in [5.74, 6) is 0.916. The number of nitrogens with zero attached hydrogens (tertiary/aromatic N) is 2. The number of hydrazone groups is 1. The SMILES string of the molecule is CC[C@@H](C)c1ccc(OCC(=O)N/N=C/c2cccn2C)cc1. The van der Waals surface area contributed by atoms with Crippen LogP contribution in [0.25, 0.3) is 0 Å². The summed E-state index contributed by atoms with van der Waals surface area (Å²) in [7, 11) is 1.91. The third-order valence-electron chi connectivity index (χ3n) is 3.80. The van der Waals surface area contributed by atoms with Crippen LogP contribution in [0.15, 0.2) is 47.7 Å². The Hall–Kier alpha value is -2.56. The van der Waals surface area contributed by atoms with Gasteiger partial charge >= 0.3 is 0 Å². The zero-order chi connectivity index (χ0) is 16.7. The van der Waals surface area contributed by atoms with Gasteiger partial charge in [0.15, 0.2) is 6.61 Å². The van der Waals surface area contributed by atoms with E-state index in [1.165, 1.54) is 5.56 Å². The Balaban J connectivity index is 1.78. The molecule has 5 heteroatoms. The minimum Gasteiger partial charge on any atom is -0.484 e. The van der Waals surface area contributed by atoms with Gasteiger partial charge in [-0.25, -0.2) is 5.43 Å². The highest BCUT2D eigenvalue weighted by Gasteiger charge is 2.04. The molecule has 0 unspecified atom stereocenters. The average molecular weight is 313 g/mol. The molecule has 1 heterocycles. The number of carbonyl (C=O) groups excluding carboxylic acids is 1. The van der Waals surface area contributed by atoms with Gasteiger partial charge in [0.05, 0.1) is 11.9 Å². The third kappa shape index (κ3) is 4.98. The van der Waals surface area contributed by atoms with Crippen molar-refractivity contribution >= 4 is 12.1 Å². The van der Waals surface area contributed by atoms with E-state index in [0.29, 0.717) is 11.7 Å². The molecule has 1 amide bonds. The summed E-state index contributed by atoms with van der Waals surface area (Å²) in [5.41, 5.74) is 4.63. The molecule has 1 N–H and O–H groups in total. The van der Waals surface area contributed by atoms with Crippen LogP contribution in [-0.4, -0.2) is 23.3 Å². The molecule has 1 aromatic carbocycles. The number of hydrogen-bond donors (Lipinski definition) is 1. The van der Waals surface area contributed by atoms with E-state index >= 15 is 0 Å². The highest BCUT2D eigenvalue weighted by atomic mass is 16.5. The molecule has 0 aliphatic heterocycles. The molecular formula is C18H23N3O2. The van der Waals surface area contributed by atoms with Crippen molar-refractivity contribution < 1.29 is 9.53 Å².